The smallest absolute Gasteiger partial charge is 0.0596 e. The van der Waals surface area contributed by atoms with Crippen molar-refractivity contribution in [3.63, 3.8) is 0 Å². The lowest BCUT2D eigenvalue weighted by molar-refractivity contribution is 0.219. The van der Waals surface area contributed by atoms with Crippen LogP contribution in [-0.4, -0.2) is 42.5 Å². The van der Waals surface area contributed by atoms with Crippen molar-refractivity contribution in [2.24, 2.45) is 0 Å². The van der Waals surface area contributed by atoms with Gasteiger partial charge in [-0.2, -0.15) is 0 Å². The van der Waals surface area contributed by atoms with Gasteiger partial charge in [-0.3, -0.25) is 9.80 Å². The van der Waals surface area contributed by atoms with Gasteiger partial charge in [-0.15, -0.1) is 6.42 Å². The van der Waals surface area contributed by atoms with Crippen LogP contribution in [0.1, 0.15) is 18.4 Å². The van der Waals surface area contributed by atoms with Gasteiger partial charge in [0.05, 0.1) is 6.54 Å². The maximum absolute atomic E-state index is 5.33. The monoisotopic (exact) mass is 242 g/mol. The summed E-state index contributed by atoms with van der Waals surface area (Å²) in [5, 5.41) is 0. The summed E-state index contributed by atoms with van der Waals surface area (Å²) in [6, 6.07) is 11.5. The quantitative estimate of drug-likeness (QED) is 0.676. The summed E-state index contributed by atoms with van der Waals surface area (Å²) < 4.78 is 0. The van der Waals surface area contributed by atoms with Crippen molar-refractivity contribution < 1.29 is 0 Å². The van der Waals surface area contributed by atoms with Crippen LogP contribution in [0.5, 0.6) is 0 Å². The molecule has 0 unspecified atom stereocenters. The van der Waals surface area contributed by atoms with Crippen molar-refractivity contribution in [1.82, 2.24) is 9.80 Å². The summed E-state index contributed by atoms with van der Waals surface area (Å²) in [5.41, 5.74) is 1.41. The Bertz CT molecular complexity index is 389. The van der Waals surface area contributed by atoms with E-state index in [1.807, 2.05) is 0 Å². The Balaban J connectivity index is 1.83. The molecule has 0 saturated heterocycles. The predicted octanol–water partition coefficient (Wildman–Crippen LogP) is 2.22. The Morgan fingerprint density at radius 3 is 2.56 bits per heavy atom. The molecule has 0 heterocycles. The van der Waals surface area contributed by atoms with Gasteiger partial charge >= 0.3 is 0 Å². The van der Waals surface area contributed by atoms with Crippen molar-refractivity contribution in [2.45, 2.75) is 25.4 Å². The van der Waals surface area contributed by atoms with E-state index in [-0.39, 0.29) is 0 Å². The van der Waals surface area contributed by atoms with Crippen LogP contribution < -0.4 is 0 Å². The van der Waals surface area contributed by atoms with Crippen LogP contribution in [-0.2, 0) is 6.54 Å². The minimum absolute atomic E-state index is 0.740. The van der Waals surface area contributed by atoms with Crippen LogP contribution in [0.2, 0.25) is 0 Å². The molecular formula is C16H22N2. The highest BCUT2D eigenvalue weighted by Crippen LogP contribution is 2.27. The summed E-state index contributed by atoms with van der Waals surface area (Å²) in [6.45, 7) is 3.96. The summed E-state index contributed by atoms with van der Waals surface area (Å²) in [4.78, 5) is 4.79. The maximum atomic E-state index is 5.33. The molecule has 0 spiro atoms. The van der Waals surface area contributed by atoms with Gasteiger partial charge in [0.2, 0.25) is 0 Å². The average molecular weight is 242 g/mol. The summed E-state index contributed by atoms with van der Waals surface area (Å²) in [6.07, 6.45) is 8.03. The van der Waals surface area contributed by atoms with Gasteiger partial charge in [-0.05, 0) is 25.5 Å². The standard InChI is InChI=1S/C16H22N2/c1-3-11-17(2)12-13-18(16-9-10-16)14-15-7-5-4-6-8-15/h1,4-8,16H,9-14H2,2H3. The van der Waals surface area contributed by atoms with Crippen LogP contribution in [0.15, 0.2) is 30.3 Å². The molecule has 2 nitrogen and oxygen atoms in total. The second-order valence-corrected chi connectivity index (χ2v) is 5.13. The number of hydrogen-bond acceptors (Lipinski definition) is 2. The van der Waals surface area contributed by atoms with Crippen molar-refractivity contribution in [2.75, 3.05) is 26.7 Å². The summed E-state index contributed by atoms with van der Waals surface area (Å²) in [7, 11) is 2.09. The van der Waals surface area contributed by atoms with E-state index in [1.54, 1.807) is 0 Å². The van der Waals surface area contributed by atoms with Crippen LogP contribution >= 0.6 is 0 Å². The topological polar surface area (TPSA) is 6.48 Å². The zero-order chi connectivity index (χ0) is 12.8. The third-order valence-electron chi connectivity index (χ3n) is 3.42. The molecule has 1 fully saturated rings. The molecule has 0 amide bonds. The van der Waals surface area contributed by atoms with Gasteiger partial charge in [-0.1, -0.05) is 36.3 Å². The minimum atomic E-state index is 0.740. The highest BCUT2D eigenvalue weighted by molar-refractivity contribution is 5.14. The molecule has 0 radical (unpaired) electrons. The zero-order valence-corrected chi connectivity index (χ0v) is 11.2. The molecule has 1 aromatic rings. The normalized spacial score (nSPS) is 15.0. The van der Waals surface area contributed by atoms with E-state index < -0.39 is 0 Å². The first-order chi connectivity index (χ1) is 8.79. The Morgan fingerprint density at radius 1 is 1.22 bits per heavy atom. The number of benzene rings is 1. The van der Waals surface area contributed by atoms with E-state index in [1.165, 1.54) is 18.4 Å². The maximum Gasteiger partial charge on any atom is 0.0596 e. The molecule has 0 atom stereocenters. The molecular weight excluding hydrogens is 220 g/mol. The third-order valence-corrected chi connectivity index (χ3v) is 3.42. The van der Waals surface area contributed by atoms with Gasteiger partial charge in [0, 0.05) is 25.7 Å². The van der Waals surface area contributed by atoms with E-state index in [2.05, 4.69) is 53.1 Å². The third kappa shape index (κ3) is 4.18. The molecule has 0 N–H and O–H groups in total. The first-order valence-electron chi connectivity index (χ1n) is 6.69. The Labute approximate surface area is 111 Å². The van der Waals surface area contributed by atoms with Crippen LogP contribution in [0.3, 0.4) is 0 Å². The average Bonchev–Trinajstić information content (AvgIpc) is 3.20. The molecule has 0 bridgehead atoms. The first-order valence-corrected chi connectivity index (χ1v) is 6.69. The highest BCUT2D eigenvalue weighted by Gasteiger charge is 2.28. The van der Waals surface area contributed by atoms with Gasteiger partial charge in [0.15, 0.2) is 0 Å². The van der Waals surface area contributed by atoms with Crippen LogP contribution in [0.25, 0.3) is 0 Å². The Hall–Kier alpha value is -1.30. The molecule has 1 aromatic carbocycles. The molecule has 18 heavy (non-hydrogen) atoms. The highest BCUT2D eigenvalue weighted by atomic mass is 15.2. The molecule has 1 aliphatic rings. The number of terminal acetylenes is 1. The van der Waals surface area contributed by atoms with E-state index in [0.717, 1.165) is 32.2 Å². The largest absolute Gasteiger partial charge is 0.295 e. The van der Waals surface area contributed by atoms with Gasteiger partial charge in [0.1, 0.15) is 0 Å². The van der Waals surface area contributed by atoms with Crippen LogP contribution in [0.4, 0.5) is 0 Å². The fraction of sp³-hybridized carbons (Fsp3) is 0.500. The molecule has 0 aliphatic heterocycles. The Morgan fingerprint density at radius 2 is 1.94 bits per heavy atom. The van der Waals surface area contributed by atoms with Crippen molar-refractivity contribution in [3.05, 3.63) is 35.9 Å². The van der Waals surface area contributed by atoms with Gasteiger partial charge in [-0.25, -0.2) is 0 Å². The fourth-order valence-corrected chi connectivity index (χ4v) is 2.18. The number of hydrogen-bond donors (Lipinski definition) is 0. The lowest BCUT2D eigenvalue weighted by Crippen LogP contribution is -2.34. The minimum Gasteiger partial charge on any atom is -0.295 e. The van der Waals surface area contributed by atoms with E-state index in [4.69, 9.17) is 6.42 Å². The number of rotatable bonds is 7. The molecule has 2 heteroatoms. The molecule has 0 aromatic heterocycles. The van der Waals surface area contributed by atoms with Crippen molar-refractivity contribution in [3.8, 4) is 12.3 Å². The number of nitrogens with zero attached hydrogens (tertiary/aromatic N) is 2. The Kier molecular flexibility index (Phi) is 4.81. The van der Waals surface area contributed by atoms with Crippen molar-refractivity contribution >= 4 is 0 Å². The van der Waals surface area contributed by atoms with Gasteiger partial charge in [0.25, 0.3) is 0 Å². The summed E-state index contributed by atoms with van der Waals surface area (Å²) in [5.74, 6) is 2.69. The second-order valence-electron chi connectivity index (χ2n) is 5.13. The van der Waals surface area contributed by atoms with Gasteiger partial charge < -0.3 is 0 Å². The molecule has 1 saturated carbocycles. The molecule has 96 valence electrons. The summed E-state index contributed by atoms with van der Waals surface area (Å²) >= 11 is 0. The lowest BCUT2D eigenvalue weighted by Gasteiger charge is -2.24. The SMILES string of the molecule is C#CCN(C)CCN(Cc1ccccc1)C1CC1. The van der Waals surface area contributed by atoms with E-state index in [0.29, 0.717) is 0 Å². The second kappa shape index (κ2) is 6.58. The zero-order valence-electron chi connectivity index (χ0n) is 11.2. The van der Waals surface area contributed by atoms with Crippen molar-refractivity contribution in [1.29, 1.82) is 0 Å². The molecule has 1 aliphatic carbocycles. The predicted molar refractivity (Wildman–Crippen MR) is 76.2 cm³/mol. The fourth-order valence-electron chi connectivity index (χ4n) is 2.18. The van der Waals surface area contributed by atoms with Crippen LogP contribution in [0, 0.1) is 12.3 Å². The van der Waals surface area contributed by atoms with E-state index in [9.17, 15) is 0 Å². The lowest BCUT2D eigenvalue weighted by atomic mass is 10.2. The number of likely N-dealkylation sites (N-methyl/N-ethyl adjacent to an activating group) is 1. The molecule has 2 rings (SSSR count). The first kappa shape index (κ1) is 13.1. The van der Waals surface area contributed by atoms with E-state index >= 15 is 0 Å².